The second-order valence-corrected chi connectivity index (χ2v) is 4.38. The second-order valence-electron chi connectivity index (χ2n) is 4.38. The highest BCUT2D eigenvalue weighted by Crippen LogP contribution is 2.26. The van der Waals surface area contributed by atoms with Gasteiger partial charge in [0, 0.05) is 17.2 Å². The molecule has 0 aromatic carbocycles. The zero-order valence-corrected chi connectivity index (χ0v) is 10.4. The monoisotopic (exact) mass is 233 g/mol. The third kappa shape index (κ3) is 1.88. The number of hydrogen-bond acceptors (Lipinski definition) is 4. The van der Waals surface area contributed by atoms with Crippen LogP contribution in [0.1, 0.15) is 47.3 Å². The molecule has 0 aliphatic rings. The van der Waals surface area contributed by atoms with Crippen LogP contribution in [0.4, 0.5) is 0 Å². The fourth-order valence-electron chi connectivity index (χ4n) is 1.72. The van der Waals surface area contributed by atoms with Crippen molar-refractivity contribution >= 4 is 6.29 Å². The van der Waals surface area contributed by atoms with Gasteiger partial charge in [-0.1, -0.05) is 13.8 Å². The minimum Gasteiger partial charge on any atom is -0.419 e. The lowest BCUT2D eigenvalue weighted by Crippen LogP contribution is -1.85. The summed E-state index contributed by atoms with van der Waals surface area (Å²) in [7, 11) is 0. The molecule has 90 valence electrons. The molecular formula is C12H15N3O2. The second kappa shape index (κ2) is 4.16. The normalized spacial score (nSPS) is 11.1. The summed E-state index contributed by atoms with van der Waals surface area (Å²) in [5.74, 6) is 1.22. The van der Waals surface area contributed by atoms with Crippen molar-refractivity contribution in [3.63, 3.8) is 0 Å². The van der Waals surface area contributed by atoms with E-state index in [2.05, 4.69) is 15.2 Å². The van der Waals surface area contributed by atoms with E-state index in [0.29, 0.717) is 17.3 Å². The molecule has 0 aliphatic heterocycles. The van der Waals surface area contributed by atoms with Crippen molar-refractivity contribution in [3.8, 4) is 11.6 Å². The summed E-state index contributed by atoms with van der Waals surface area (Å²) in [6, 6.07) is 0. The Bertz CT molecular complexity index is 552. The molecule has 2 rings (SSSR count). The molecule has 0 aliphatic carbocycles. The first-order valence-electron chi connectivity index (χ1n) is 5.52. The van der Waals surface area contributed by atoms with Crippen LogP contribution < -0.4 is 0 Å². The first-order valence-corrected chi connectivity index (χ1v) is 5.52. The van der Waals surface area contributed by atoms with Gasteiger partial charge in [0.1, 0.15) is 5.69 Å². The average molecular weight is 233 g/mol. The molecule has 0 fully saturated rings. The molecule has 1 N–H and O–H groups in total. The van der Waals surface area contributed by atoms with Crippen molar-refractivity contribution in [1.82, 2.24) is 15.2 Å². The summed E-state index contributed by atoms with van der Waals surface area (Å²) < 4.78 is 5.56. The van der Waals surface area contributed by atoms with Crippen LogP contribution in [-0.2, 0) is 0 Å². The van der Waals surface area contributed by atoms with Crippen LogP contribution >= 0.6 is 0 Å². The highest BCUT2D eigenvalue weighted by Gasteiger charge is 2.18. The Hall–Kier alpha value is -1.91. The maximum absolute atomic E-state index is 10.9. The number of aldehydes is 1. The fourth-order valence-corrected chi connectivity index (χ4v) is 1.72. The predicted octanol–water partition coefficient (Wildman–Crippen LogP) is 2.62. The van der Waals surface area contributed by atoms with E-state index >= 15 is 0 Å². The lowest BCUT2D eigenvalue weighted by Gasteiger charge is -1.95. The number of rotatable bonds is 3. The van der Waals surface area contributed by atoms with Crippen LogP contribution in [0.5, 0.6) is 0 Å². The molecule has 0 atom stereocenters. The van der Waals surface area contributed by atoms with Crippen molar-refractivity contribution in [2.75, 3.05) is 0 Å². The summed E-state index contributed by atoms with van der Waals surface area (Å²) in [5, 5.41) is 7.97. The van der Waals surface area contributed by atoms with Gasteiger partial charge in [0.25, 0.3) is 5.89 Å². The van der Waals surface area contributed by atoms with Gasteiger partial charge in [-0.15, -0.1) is 10.2 Å². The predicted molar refractivity (Wildman–Crippen MR) is 63.0 cm³/mol. The Morgan fingerprint density at radius 1 is 1.29 bits per heavy atom. The highest BCUT2D eigenvalue weighted by molar-refractivity contribution is 5.82. The molecule has 5 nitrogen and oxygen atoms in total. The molecule has 0 spiro atoms. The maximum atomic E-state index is 10.9. The number of carbonyl (C=O) groups is 1. The van der Waals surface area contributed by atoms with Gasteiger partial charge in [0.15, 0.2) is 6.29 Å². The van der Waals surface area contributed by atoms with Crippen LogP contribution in [0.15, 0.2) is 4.42 Å². The molecule has 0 saturated heterocycles. The van der Waals surface area contributed by atoms with Gasteiger partial charge < -0.3 is 9.40 Å². The van der Waals surface area contributed by atoms with Gasteiger partial charge in [-0.25, -0.2) is 0 Å². The largest absolute Gasteiger partial charge is 0.419 e. The number of nitrogens with zero attached hydrogens (tertiary/aromatic N) is 2. The van der Waals surface area contributed by atoms with Gasteiger partial charge in [-0.3, -0.25) is 4.79 Å². The molecule has 2 aromatic heterocycles. The van der Waals surface area contributed by atoms with Gasteiger partial charge in [0.05, 0.1) is 0 Å². The smallest absolute Gasteiger partial charge is 0.264 e. The zero-order chi connectivity index (χ0) is 12.6. The van der Waals surface area contributed by atoms with Crippen LogP contribution in [-0.4, -0.2) is 21.5 Å². The minimum atomic E-state index is 0.193. The number of aromatic amines is 1. The Morgan fingerprint density at radius 2 is 2.00 bits per heavy atom. The number of nitrogens with one attached hydrogen (secondary N) is 1. The minimum absolute atomic E-state index is 0.193. The highest BCUT2D eigenvalue weighted by atomic mass is 16.4. The molecule has 2 heterocycles. The van der Waals surface area contributed by atoms with Crippen LogP contribution in [0.25, 0.3) is 11.6 Å². The van der Waals surface area contributed by atoms with E-state index in [9.17, 15) is 4.79 Å². The van der Waals surface area contributed by atoms with E-state index in [0.717, 1.165) is 23.2 Å². The Morgan fingerprint density at radius 3 is 2.47 bits per heavy atom. The molecule has 0 unspecified atom stereocenters. The first kappa shape index (κ1) is 11.6. The fraction of sp³-hybridized carbons (Fsp3) is 0.417. The molecule has 0 amide bonds. The van der Waals surface area contributed by atoms with Gasteiger partial charge in [-0.05, 0) is 19.4 Å². The zero-order valence-electron chi connectivity index (χ0n) is 10.4. The maximum Gasteiger partial charge on any atom is 0.264 e. The van der Waals surface area contributed by atoms with Crippen LogP contribution in [0.3, 0.4) is 0 Å². The van der Waals surface area contributed by atoms with Crippen LogP contribution in [0, 0.1) is 13.8 Å². The number of aryl methyl sites for hydroxylation is 1. The molecule has 0 saturated carbocycles. The van der Waals surface area contributed by atoms with Crippen molar-refractivity contribution in [3.05, 3.63) is 22.7 Å². The quantitative estimate of drug-likeness (QED) is 0.827. The number of H-pyrrole nitrogens is 1. The van der Waals surface area contributed by atoms with Crippen molar-refractivity contribution in [2.45, 2.75) is 33.6 Å². The molecule has 5 heteroatoms. The standard InChI is InChI=1S/C12H15N3O2/c1-6(2)11-14-15-12(17-11)10-7(3)9(5-16)8(4)13-10/h5-6,13H,1-4H3. The molecule has 0 radical (unpaired) electrons. The molecule has 2 aromatic rings. The SMILES string of the molecule is Cc1[nH]c(-c2nnc(C(C)C)o2)c(C)c1C=O. The topological polar surface area (TPSA) is 71.8 Å². The third-order valence-electron chi connectivity index (χ3n) is 2.76. The van der Waals surface area contributed by atoms with E-state index in [1.54, 1.807) is 0 Å². The summed E-state index contributed by atoms with van der Waals surface area (Å²) in [5.41, 5.74) is 3.04. The number of hydrogen-bond donors (Lipinski definition) is 1. The third-order valence-corrected chi connectivity index (χ3v) is 2.76. The van der Waals surface area contributed by atoms with E-state index in [1.807, 2.05) is 27.7 Å². The van der Waals surface area contributed by atoms with Gasteiger partial charge in [-0.2, -0.15) is 0 Å². The van der Waals surface area contributed by atoms with Gasteiger partial charge in [0.2, 0.25) is 5.89 Å². The molecule has 0 bridgehead atoms. The van der Waals surface area contributed by atoms with Crippen molar-refractivity contribution < 1.29 is 9.21 Å². The van der Waals surface area contributed by atoms with Crippen LogP contribution in [0.2, 0.25) is 0 Å². The van der Waals surface area contributed by atoms with E-state index in [4.69, 9.17) is 4.42 Å². The summed E-state index contributed by atoms with van der Waals surface area (Å²) in [6.45, 7) is 7.68. The molecular weight excluding hydrogens is 218 g/mol. The summed E-state index contributed by atoms with van der Waals surface area (Å²) >= 11 is 0. The van der Waals surface area contributed by atoms with E-state index in [-0.39, 0.29) is 5.92 Å². The Kier molecular flexibility index (Phi) is 2.83. The Labute approximate surface area is 99.3 Å². The van der Waals surface area contributed by atoms with Crippen molar-refractivity contribution in [2.24, 2.45) is 0 Å². The summed E-state index contributed by atoms with van der Waals surface area (Å²) in [4.78, 5) is 14.0. The van der Waals surface area contributed by atoms with E-state index in [1.165, 1.54) is 0 Å². The number of aromatic nitrogens is 3. The molecule has 17 heavy (non-hydrogen) atoms. The summed E-state index contributed by atoms with van der Waals surface area (Å²) in [6.07, 6.45) is 0.838. The average Bonchev–Trinajstić information content (AvgIpc) is 2.84. The first-order chi connectivity index (χ1) is 8.04. The lowest BCUT2D eigenvalue weighted by molar-refractivity contribution is 0.112. The Balaban J connectivity index is 2.49. The lowest BCUT2D eigenvalue weighted by atomic mass is 10.1. The van der Waals surface area contributed by atoms with Crippen molar-refractivity contribution in [1.29, 1.82) is 0 Å². The van der Waals surface area contributed by atoms with Gasteiger partial charge >= 0.3 is 0 Å². The number of carbonyl (C=O) groups excluding carboxylic acids is 1. The van der Waals surface area contributed by atoms with E-state index < -0.39 is 0 Å².